The maximum atomic E-state index is 13.9. The summed E-state index contributed by atoms with van der Waals surface area (Å²) in [5.74, 6) is 0.536. The summed E-state index contributed by atoms with van der Waals surface area (Å²) in [4.78, 5) is 38.6. The molecule has 1 aromatic carbocycles. The number of nitrogens with zero attached hydrogens (tertiary/aromatic N) is 4. The van der Waals surface area contributed by atoms with Gasteiger partial charge in [0.15, 0.2) is 0 Å². The number of likely N-dealkylation sites (tertiary alicyclic amines) is 2. The van der Waals surface area contributed by atoms with Gasteiger partial charge in [-0.05, 0) is 50.8 Å². The second kappa shape index (κ2) is 9.02. The average molecular weight is 463 g/mol. The van der Waals surface area contributed by atoms with Crippen LogP contribution in [0.4, 0.5) is 0 Å². The number of fused-ring (bicyclic) bond motifs is 1. The normalized spacial score (nSPS) is 22.0. The van der Waals surface area contributed by atoms with E-state index in [-0.39, 0.29) is 23.8 Å². The van der Waals surface area contributed by atoms with Crippen LogP contribution in [0.1, 0.15) is 60.6 Å². The molecule has 1 unspecified atom stereocenters. The Morgan fingerprint density at radius 3 is 2.47 bits per heavy atom. The molecule has 5 rings (SSSR count). The number of carbonyl (C=O) groups is 2. The van der Waals surface area contributed by atoms with Crippen molar-refractivity contribution in [2.45, 2.75) is 57.2 Å². The maximum Gasteiger partial charge on any atom is 0.254 e. The van der Waals surface area contributed by atoms with Crippen LogP contribution in [-0.2, 0) is 11.3 Å². The lowest BCUT2D eigenvalue weighted by atomic mass is 9.66. The maximum absolute atomic E-state index is 13.9. The largest absolute Gasteiger partial charge is 0.481 e. The summed E-state index contributed by atoms with van der Waals surface area (Å²) >= 11 is 0. The van der Waals surface area contributed by atoms with Crippen molar-refractivity contribution in [3.8, 4) is 5.88 Å². The molecule has 0 aliphatic carbocycles. The highest BCUT2D eigenvalue weighted by Gasteiger charge is 2.57. The summed E-state index contributed by atoms with van der Waals surface area (Å²) in [6.07, 6.45) is 2.58. The highest BCUT2D eigenvalue weighted by atomic mass is 16.5. The number of pyridine rings is 1. The van der Waals surface area contributed by atoms with E-state index >= 15 is 0 Å². The summed E-state index contributed by atoms with van der Waals surface area (Å²) < 4.78 is 5.28. The number of hydrogen-bond acceptors (Lipinski definition) is 5. The van der Waals surface area contributed by atoms with E-state index in [2.05, 4.69) is 23.7 Å². The van der Waals surface area contributed by atoms with Crippen LogP contribution in [0.5, 0.6) is 5.88 Å². The second-order valence-electron chi connectivity index (χ2n) is 10.0. The van der Waals surface area contributed by atoms with E-state index in [4.69, 9.17) is 4.74 Å². The summed E-state index contributed by atoms with van der Waals surface area (Å²) in [5.41, 5.74) is 2.05. The zero-order valence-corrected chi connectivity index (χ0v) is 20.4. The molecule has 2 amide bonds. The van der Waals surface area contributed by atoms with Gasteiger partial charge in [0.05, 0.1) is 24.3 Å². The van der Waals surface area contributed by atoms with E-state index in [1.807, 2.05) is 52.3 Å². The Bertz CT molecular complexity index is 1070. The zero-order chi connectivity index (χ0) is 23.9. The predicted octanol–water partition coefficient (Wildman–Crippen LogP) is 3.31. The first kappa shape index (κ1) is 22.8. The third kappa shape index (κ3) is 3.76. The van der Waals surface area contributed by atoms with Crippen molar-refractivity contribution in [2.75, 3.05) is 33.3 Å². The first-order chi connectivity index (χ1) is 16.4. The lowest BCUT2D eigenvalue weighted by Gasteiger charge is -2.57. The van der Waals surface area contributed by atoms with Crippen LogP contribution in [0, 0.1) is 0 Å². The molecule has 34 heavy (non-hydrogen) atoms. The van der Waals surface area contributed by atoms with Crippen molar-refractivity contribution >= 4 is 11.8 Å². The van der Waals surface area contributed by atoms with Crippen molar-refractivity contribution in [1.82, 2.24) is 19.7 Å². The fourth-order valence-corrected chi connectivity index (χ4v) is 6.05. The highest BCUT2D eigenvalue weighted by Crippen LogP contribution is 2.49. The first-order valence-electron chi connectivity index (χ1n) is 12.4. The second-order valence-corrected chi connectivity index (χ2v) is 10.0. The smallest absolute Gasteiger partial charge is 0.254 e. The van der Waals surface area contributed by atoms with Crippen LogP contribution in [0.25, 0.3) is 0 Å². The van der Waals surface area contributed by atoms with E-state index in [1.165, 1.54) is 0 Å². The molecule has 7 nitrogen and oxygen atoms in total. The molecule has 3 aliphatic heterocycles. The summed E-state index contributed by atoms with van der Waals surface area (Å²) in [5, 5.41) is 0. The quantitative estimate of drug-likeness (QED) is 0.682. The summed E-state index contributed by atoms with van der Waals surface area (Å²) in [6, 6.07) is 13.6. The van der Waals surface area contributed by atoms with Gasteiger partial charge < -0.3 is 14.5 Å². The van der Waals surface area contributed by atoms with Crippen LogP contribution in [0.3, 0.4) is 0 Å². The standard InChI is InChI=1S/C27H34N4O3/c1-19(2)31-25(32)22-10-5-4-9-21(22)24(26(33)30-14-7-15-30)27(31)12-16-29(17-13-27)18-20-8-6-11-23(28-20)34-3/h4-6,8-11,19,24H,7,12-18H2,1-3H3. The van der Waals surface area contributed by atoms with Gasteiger partial charge in [0.1, 0.15) is 0 Å². The number of methoxy groups -OCH3 is 1. The number of amides is 2. The monoisotopic (exact) mass is 462 g/mol. The molecule has 0 bridgehead atoms. The van der Waals surface area contributed by atoms with Gasteiger partial charge >= 0.3 is 0 Å². The van der Waals surface area contributed by atoms with Gasteiger partial charge in [-0.3, -0.25) is 14.5 Å². The van der Waals surface area contributed by atoms with Crippen molar-refractivity contribution in [1.29, 1.82) is 0 Å². The molecule has 4 heterocycles. The van der Waals surface area contributed by atoms with Gasteiger partial charge in [0, 0.05) is 50.4 Å². The van der Waals surface area contributed by atoms with Crippen LogP contribution in [-0.4, -0.2) is 76.4 Å². The highest BCUT2D eigenvalue weighted by molar-refractivity contribution is 6.02. The Hall–Kier alpha value is -2.93. The topological polar surface area (TPSA) is 66.0 Å². The van der Waals surface area contributed by atoms with Crippen molar-refractivity contribution < 1.29 is 14.3 Å². The van der Waals surface area contributed by atoms with Gasteiger partial charge in [0.2, 0.25) is 11.8 Å². The molecule has 1 atom stereocenters. The van der Waals surface area contributed by atoms with Crippen molar-refractivity contribution in [3.05, 3.63) is 59.3 Å². The molecule has 0 radical (unpaired) electrons. The number of rotatable bonds is 5. The van der Waals surface area contributed by atoms with Crippen LogP contribution >= 0.6 is 0 Å². The SMILES string of the molecule is COc1cccc(CN2CCC3(CC2)C(C(=O)N2CCC2)c2ccccc2C(=O)N3C(C)C)n1. The molecule has 1 spiro atoms. The molecule has 3 aliphatic rings. The molecule has 2 saturated heterocycles. The van der Waals surface area contributed by atoms with Gasteiger partial charge in [-0.25, -0.2) is 4.98 Å². The van der Waals surface area contributed by atoms with Crippen molar-refractivity contribution in [3.63, 3.8) is 0 Å². The fraction of sp³-hybridized carbons (Fsp3) is 0.519. The average Bonchev–Trinajstić information content (AvgIpc) is 2.79. The van der Waals surface area contributed by atoms with E-state index in [0.717, 1.165) is 63.2 Å². The number of aromatic nitrogens is 1. The van der Waals surface area contributed by atoms with E-state index in [9.17, 15) is 9.59 Å². The minimum absolute atomic E-state index is 0.0131. The third-order valence-corrected chi connectivity index (χ3v) is 7.77. The number of carbonyl (C=O) groups excluding carboxylic acids is 2. The Kier molecular flexibility index (Phi) is 6.06. The number of benzene rings is 1. The Morgan fingerprint density at radius 2 is 1.82 bits per heavy atom. The Labute approximate surface area is 201 Å². The molecule has 1 aromatic heterocycles. The molecular formula is C27H34N4O3. The lowest BCUT2D eigenvalue weighted by molar-refractivity contribution is -0.142. The number of hydrogen-bond donors (Lipinski definition) is 0. The summed E-state index contributed by atoms with van der Waals surface area (Å²) in [7, 11) is 1.63. The van der Waals surface area contributed by atoms with Crippen molar-refractivity contribution in [2.24, 2.45) is 0 Å². The number of piperidine rings is 1. The molecular weight excluding hydrogens is 428 g/mol. The van der Waals surface area contributed by atoms with Gasteiger partial charge in [-0.1, -0.05) is 24.3 Å². The summed E-state index contributed by atoms with van der Waals surface area (Å²) in [6.45, 7) is 8.12. The molecule has 2 fully saturated rings. The van der Waals surface area contributed by atoms with Gasteiger partial charge in [0.25, 0.3) is 5.91 Å². The van der Waals surface area contributed by atoms with Gasteiger partial charge in [-0.15, -0.1) is 0 Å². The molecule has 0 N–H and O–H groups in total. The fourth-order valence-electron chi connectivity index (χ4n) is 6.05. The molecule has 0 saturated carbocycles. The first-order valence-corrected chi connectivity index (χ1v) is 12.4. The van der Waals surface area contributed by atoms with Crippen LogP contribution in [0.15, 0.2) is 42.5 Å². The minimum Gasteiger partial charge on any atom is -0.481 e. The van der Waals surface area contributed by atoms with Crippen LogP contribution < -0.4 is 4.74 Å². The number of ether oxygens (including phenoxy) is 1. The minimum atomic E-state index is -0.509. The van der Waals surface area contributed by atoms with E-state index in [0.29, 0.717) is 11.4 Å². The molecule has 2 aromatic rings. The van der Waals surface area contributed by atoms with E-state index in [1.54, 1.807) is 7.11 Å². The lowest BCUT2D eigenvalue weighted by Crippen LogP contribution is -2.67. The van der Waals surface area contributed by atoms with Gasteiger partial charge in [-0.2, -0.15) is 0 Å². The molecule has 7 heteroatoms. The van der Waals surface area contributed by atoms with E-state index < -0.39 is 5.54 Å². The third-order valence-electron chi connectivity index (χ3n) is 7.77. The van der Waals surface area contributed by atoms with Crippen LogP contribution in [0.2, 0.25) is 0 Å². The Balaban J connectivity index is 1.48. The Morgan fingerprint density at radius 1 is 1.09 bits per heavy atom. The molecule has 180 valence electrons. The predicted molar refractivity (Wildman–Crippen MR) is 130 cm³/mol. The zero-order valence-electron chi connectivity index (χ0n) is 20.4.